The van der Waals surface area contributed by atoms with Crippen LogP contribution in [-0.4, -0.2) is 22.8 Å². The third-order valence-electron chi connectivity index (χ3n) is 5.69. The monoisotopic (exact) mass is 377 g/mol. The molecule has 2 aliphatic rings. The summed E-state index contributed by atoms with van der Waals surface area (Å²) in [7, 11) is 0. The molecule has 1 spiro atoms. The quantitative estimate of drug-likeness (QED) is 0.616. The van der Waals surface area contributed by atoms with Crippen molar-refractivity contribution >= 4 is 34.1 Å². The molecule has 0 atom stereocenters. The number of hydrogen-bond donors (Lipinski definition) is 0. The topological polar surface area (TPSA) is 28.0 Å². The van der Waals surface area contributed by atoms with E-state index in [0.29, 0.717) is 0 Å². The number of aliphatic imine (C=N–C) groups is 2. The Morgan fingerprint density at radius 1 is 1.00 bits per heavy atom. The fourth-order valence-corrected chi connectivity index (χ4v) is 4.98. The summed E-state index contributed by atoms with van der Waals surface area (Å²) in [5.41, 5.74) is 4.68. The zero-order valence-electron chi connectivity index (χ0n) is 16.4. The first-order valence-corrected chi connectivity index (χ1v) is 11.0. The van der Waals surface area contributed by atoms with E-state index in [1.165, 1.54) is 36.1 Å². The van der Waals surface area contributed by atoms with E-state index in [2.05, 4.69) is 73.5 Å². The first kappa shape index (κ1) is 18.3. The minimum absolute atomic E-state index is 0.119. The predicted octanol–water partition coefficient (Wildman–Crippen LogP) is 6.28. The number of aryl methyl sites for hydroxylation is 2. The van der Waals surface area contributed by atoms with Gasteiger partial charge in [0.2, 0.25) is 0 Å². The van der Waals surface area contributed by atoms with Crippen LogP contribution in [0.4, 0.5) is 11.4 Å². The molecule has 2 aromatic carbocycles. The lowest BCUT2D eigenvalue weighted by molar-refractivity contribution is 0.385. The highest BCUT2D eigenvalue weighted by Crippen LogP contribution is 2.45. The van der Waals surface area contributed by atoms with Gasteiger partial charge in [0.05, 0.1) is 5.69 Å². The molecule has 2 aromatic rings. The zero-order valence-corrected chi connectivity index (χ0v) is 17.2. The number of nitrogens with zero attached hydrogens (tertiary/aromatic N) is 3. The summed E-state index contributed by atoms with van der Waals surface area (Å²) in [6.45, 7) is 4.31. The number of thioether (sulfide) groups is 1. The molecule has 140 valence electrons. The first-order chi connectivity index (χ1) is 13.1. The second-order valence-corrected chi connectivity index (χ2v) is 8.36. The lowest BCUT2D eigenvalue weighted by Gasteiger charge is -2.43. The van der Waals surface area contributed by atoms with Gasteiger partial charge in [-0.25, -0.2) is 9.98 Å². The highest BCUT2D eigenvalue weighted by atomic mass is 32.2. The van der Waals surface area contributed by atoms with Gasteiger partial charge in [0, 0.05) is 5.69 Å². The van der Waals surface area contributed by atoms with Crippen molar-refractivity contribution in [1.82, 2.24) is 0 Å². The average Bonchev–Trinajstić information content (AvgIpc) is 2.95. The second kappa shape index (κ2) is 7.51. The molecule has 27 heavy (non-hydrogen) atoms. The van der Waals surface area contributed by atoms with Gasteiger partial charge in [0.25, 0.3) is 0 Å². The Labute approximate surface area is 166 Å². The van der Waals surface area contributed by atoms with Crippen LogP contribution in [0, 0.1) is 13.8 Å². The molecule has 0 unspecified atom stereocenters. The SMILES string of the molecule is CSC1=NC(=Nc2cccc(C)c2)C2(CCCCC2)N1c1ccccc1C. The fraction of sp³-hybridized carbons (Fsp3) is 0.391. The summed E-state index contributed by atoms with van der Waals surface area (Å²) in [6, 6.07) is 17.1. The van der Waals surface area contributed by atoms with Crippen molar-refractivity contribution < 1.29 is 0 Å². The van der Waals surface area contributed by atoms with Crippen molar-refractivity contribution in [3.05, 3.63) is 59.7 Å². The average molecular weight is 378 g/mol. The van der Waals surface area contributed by atoms with Gasteiger partial charge < -0.3 is 4.90 Å². The Morgan fingerprint density at radius 2 is 1.78 bits per heavy atom. The van der Waals surface area contributed by atoms with Crippen molar-refractivity contribution in [2.24, 2.45) is 9.98 Å². The standard InChI is InChI=1S/C23H27N3S/c1-17-10-9-12-19(16-17)24-21-23(14-7-4-8-15-23)26(22(25-21)27-3)20-13-6-5-11-18(20)2/h5-6,9-13,16H,4,7-8,14-15H2,1-3H3. The number of anilines is 1. The molecular formula is C23H27N3S. The van der Waals surface area contributed by atoms with Gasteiger partial charge in [0.1, 0.15) is 5.54 Å². The number of rotatable bonds is 2. The summed E-state index contributed by atoms with van der Waals surface area (Å²) in [4.78, 5) is 12.6. The van der Waals surface area contributed by atoms with Gasteiger partial charge in [-0.2, -0.15) is 0 Å². The maximum Gasteiger partial charge on any atom is 0.170 e. The van der Waals surface area contributed by atoms with Gasteiger partial charge in [-0.1, -0.05) is 61.4 Å². The van der Waals surface area contributed by atoms with Crippen LogP contribution >= 0.6 is 11.8 Å². The predicted molar refractivity (Wildman–Crippen MR) is 119 cm³/mol. The molecule has 1 saturated carbocycles. The van der Waals surface area contributed by atoms with Crippen LogP contribution in [-0.2, 0) is 0 Å². The molecule has 3 nitrogen and oxygen atoms in total. The maximum absolute atomic E-state index is 5.07. The highest BCUT2D eigenvalue weighted by molar-refractivity contribution is 8.13. The summed E-state index contributed by atoms with van der Waals surface area (Å²) >= 11 is 1.72. The van der Waals surface area contributed by atoms with E-state index in [-0.39, 0.29) is 5.54 Å². The van der Waals surface area contributed by atoms with Crippen molar-refractivity contribution in [2.75, 3.05) is 11.2 Å². The smallest absolute Gasteiger partial charge is 0.170 e. The number of para-hydroxylation sites is 1. The highest BCUT2D eigenvalue weighted by Gasteiger charge is 2.49. The van der Waals surface area contributed by atoms with Crippen LogP contribution < -0.4 is 4.90 Å². The molecule has 1 aliphatic heterocycles. The largest absolute Gasteiger partial charge is 0.307 e. The molecule has 1 heterocycles. The van der Waals surface area contributed by atoms with Crippen LogP contribution in [0.3, 0.4) is 0 Å². The molecule has 4 heteroatoms. The molecule has 0 bridgehead atoms. The summed E-state index contributed by atoms with van der Waals surface area (Å²) in [5, 5.41) is 1.07. The van der Waals surface area contributed by atoms with Gasteiger partial charge in [-0.3, -0.25) is 0 Å². The second-order valence-electron chi connectivity index (χ2n) is 7.59. The normalized spacial score (nSPS) is 20.3. The molecule has 1 fully saturated rings. The Kier molecular flexibility index (Phi) is 5.09. The lowest BCUT2D eigenvalue weighted by Crippen LogP contribution is -2.53. The van der Waals surface area contributed by atoms with Crippen molar-refractivity contribution in [2.45, 2.75) is 51.5 Å². The van der Waals surface area contributed by atoms with Crippen LogP contribution in [0.25, 0.3) is 0 Å². The Morgan fingerprint density at radius 3 is 2.48 bits per heavy atom. The minimum atomic E-state index is -0.119. The van der Waals surface area contributed by atoms with Crippen molar-refractivity contribution in [3.8, 4) is 0 Å². The first-order valence-electron chi connectivity index (χ1n) is 9.78. The molecule has 0 N–H and O–H groups in total. The fourth-order valence-electron chi connectivity index (χ4n) is 4.35. The van der Waals surface area contributed by atoms with Gasteiger partial charge in [0.15, 0.2) is 11.0 Å². The number of hydrogen-bond acceptors (Lipinski definition) is 3. The molecule has 4 rings (SSSR count). The molecular weight excluding hydrogens is 350 g/mol. The van der Waals surface area contributed by atoms with Gasteiger partial charge in [-0.05, 0) is 62.3 Å². The van der Waals surface area contributed by atoms with E-state index < -0.39 is 0 Å². The number of amidine groups is 2. The van der Waals surface area contributed by atoms with Crippen molar-refractivity contribution in [3.63, 3.8) is 0 Å². The summed E-state index contributed by atoms with van der Waals surface area (Å²) in [5.74, 6) is 0.986. The lowest BCUT2D eigenvalue weighted by atomic mass is 9.79. The third kappa shape index (κ3) is 3.31. The van der Waals surface area contributed by atoms with Crippen LogP contribution in [0.1, 0.15) is 43.2 Å². The Balaban J connectivity index is 1.87. The Bertz CT molecular complexity index is 894. The third-order valence-corrected chi connectivity index (χ3v) is 6.33. The van der Waals surface area contributed by atoms with Crippen molar-refractivity contribution in [1.29, 1.82) is 0 Å². The van der Waals surface area contributed by atoms with E-state index in [1.54, 1.807) is 11.8 Å². The Hall–Kier alpha value is -2.07. The van der Waals surface area contributed by atoms with E-state index in [0.717, 1.165) is 29.5 Å². The molecule has 1 aliphatic carbocycles. The van der Waals surface area contributed by atoms with Crippen LogP contribution in [0.5, 0.6) is 0 Å². The van der Waals surface area contributed by atoms with Gasteiger partial charge >= 0.3 is 0 Å². The molecule has 0 radical (unpaired) electrons. The summed E-state index contributed by atoms with van der Waals surface area (Å²) in [6.07, 6.45) is 8.10. The zero-order chi connectivity index (χ0) is 18.9. The maximum atomic E-state index is 5.07. The van der Waals surface area contributed by atoms with Crippen LogP contribution in [0.15, 0.2) is 58.5 Å². The van der Waals surface area contributed by atoms with Gasteiger partial charge in [-0.15, -0.1) is 0 Å². The van der Waals surface area contributed by atoms with Crippen LogP contribution in [0.2, 0.25) is 0 Å². The number of benzene rings is 2. The van der Waals surface area contributed by atoms with E-state index >= 15 is 0 Å². The van der Waals surface area contributed by atoms with E-state index in [1.807, 2.05) is 0 Å². The van der Waals surface area contributed by atoms with E-state index in [4.69, 9.17) is 9.98 Å². The minimum Gasteiger partial charge on any atom is -0.307 e. The molecule has 0 aromatic heterocycles. The van der Waals surface area contributed by atoms with E-state index in [9.17, 15) is 0 Å². The summed E-state index contributed by atoms with van der Waals surface area (Å²) < 4.78 is 0. The molecule has 0 saturated heterocycles. The molecule has 0 amide bonds.